The minimum Gasteiger partial charge on any atom is -0.372 e. The standard InChI is InChI=1S/C17H27N3O/c1-6-18-16-14-8-7-13(10-15(14)19-17(16)21)20(5)12(4)9-11(2)3/h7-8,10-12,16,18H,6,9H2,1-5H3,(H,19,21). The molecule has 116 valence electrons. The Hall–Kier alpha value is -1.55. The number of carbonyl (C=O) groups excluding carboxylic acids is 1. The molecule has 2 rings (SSSR count). The second kappa shape index (κ2) is 6.48. The molecule has 0 aliphatic carbocycles. The van der Waals surface area contributed by atoms with Gasteiger partial charge in [-0.3, -0.25) is 4.79 Å². The molecule has 0 spiro atoms. The van der Waals surface area contributed by atoms with Gasteiger partial charge < -0.3 is 15.5 Å². The van der Waals surface area contributed by atoms with Crippen LogP contribution in [-0.4, -0.2) is 25.5 Å². The molecule has 0 bridgehead atoms. The van der Waals surface area contributed by atoms with Gasteiger partial charge in [-0.2, -0.15) is 0 Å². The second-order valence-corrected chi connectivity index (χ2v) is 6.34. The van der Waals surface area contributed by atoms with Crippen LogP contribution < -0.4 is 15.5 Å². The Labute approximate surface area is 127 Å². The van der Waals surface area contributed by atoms with Gasteiger partial charge in [0.1, 0.15) is 6.04 Å². The molecule has 1 aromatic rings. The van der Waals surface area contributed by atoms with E-state index in [1.807, 2.05) is 6.92 Å². The summed E-state index contributed by atoms with van der Waals surface area (Å²) in [6.07, 6.45) is 1.15. The van der Waals surface area contributed by atoms with Crippen molar-refractivity contribution in [2.75, 3.05) is 23.8 Å². The SMILES string of the molecule is CCNC1C(=O)Nc2cc(N(C)C(C)CC(C)C)ccc21. The lowest BCUT2D eigenvalue weighted by atomic mass is 10.0. The summed E-state index contributed by atoms with van der Waals surface area (Å²) >= 11 is 0. The van der Waals surface area contributed by atoms with Crippen LogP contribution in [0.4, 0.5) is 11.4 Å². The number of fused-ring (bicyclic) bond motifs is 1. The van der Waals surface area contributed by atoms with Crippen molar-refractivity contribution in [2.45, 2.75) is 46.2 Å². The summed E-state index contributed by atoms with van der Waals surface area (Å²) in [5, 5.41) is 6.20. The summed E-state index contributed by atoms with van der Waals surface area (Å²) in [4.78, 5) is 14.3. The largest absolute Gasteiger partial charge is 0.372 e. The summed E-state index contributed by atoms with van der Waals surface area (Å²) in [7, 11) is 2.12. The molecule has 1 heterocycles. The Morgan fingerprint density at radius 3 is 2.67 bits per heavy atom. The van der Waals surface area contributed by atoms with E-state index in [0.29, 0.717) is 12.0 Å². The van der Waals surface area contributed by atoms with E-state index in [1.165, 1.54) is 0 Å². The van der Waals surface area contributed by atoms with E-state index >= 15 is 0 Å². The molecular weight excluding hydrogens is 262 g/mol. The Kier molecular flexibility index (Phi) is 4.88. The third-order valence-corrected chi connectivity index (χ3v) is 4.16. The predicted molar refractivity (Wildman–Crippen MR) is 88.8 cm³/mol. The van der Waals surface area contributed by atoms with Gasteiger partial charge in [0, 0.05) is 30.0 Å². The number of hydrogen-bond donors (Lipinski definition) is 2. The van der Waals surface area contributed by atoms with Crippen molar-refractivity contribution in [2.24, 2.45) is 5.92 Å². The van der Waals surface area contributed by atoms with Crippen molar-refractivity contribution in [3.05, 3.63) is 23.8 Å². The van der Waals surface area contributed by atoms with Gasteiger partial charge in [0.25, 0.3) is 0 Å². The molecule has 1 aromatic carbocycles. The molecule has 0 fully saturated rings. The van der Waals surface area contributed by atoms with E-state index in [4.69, 9.17) is 0 Å². The lowest BCUT2D eigenvalue weighted by Gasteiger charge is -2.28. The molecule has 21 heavy (non-hydrogen) atoms. The van der Waals surface area contributed by atoms with Crippen molar-refractivity contribution in [1.29, 1.82) is 0 Å². The number of rotatable bonds is 6. The third kappa shape index (κ3) is 3.38. The van der Waals surface area contributed by atoms with Crippen molar-refractivity contribution in [3.8, 4) is 0 Å². The van der Waals surface area contributed by atoms with E-state index < -0.39 is 0 Å². The minimum absolute atomic E-state index is 0.0434. The number of likely N-dealkylation sites (N-methyl/N-ethyl adjacent to an activating group) is 1. The van der Waals surface area contributed by atoms with Crippen LogP contribution in [0, 0.1) is 5.92 Å². The van der Waals surface area contributed by atoms with Gasteiger partial charge in [0.15, 0.2) is 0 Å². The molecule has 0 aromatic heterocycles. The second-order valence-electron chi connectivity index (χ2n) is 6.34. The summed E-state index contributed by atoms with van der Waals surface area (Å²) in [6.45, 7) is 9.53. The van der Waals surface area contributed by atoms with Crippen molar-refractivity contribution in [3.63, 3.8) is 0 Å². The molecular formula is C17H27N3O. The van der Waals surface area contributed by atoms with Crippen LogP contribution in [0.2, 0.25) is 0 Å². The number of benzene rings is 1. The number of anilines is 2. The number of carbonyl (C=O) groups is 1. The van der Waals surface area contributed by atoms with E-state index in [0.717, 1.165) is 29.9 Å². The fourth-order valence-corrected chi connectivity index (χ4v) is 2.97. The Morgan fingerprint density at radius 1 is 1.33 bits per heavy atom. The van der Waals surface area contributed by atoms with Crippen LogP contribution in [0.15, 0.2) is 18.2 Å². The van der Waals surface area contributed by atoms with Crippen LogP contribution in [0.1, 0.15) is 45.7 Å². The monoisotopic (exact) mass is 289 g/mol. The number of nitrogens with zero attached hydrogens (tertiary/aromatic N) is 1. The van der Waals surface area contributed by atoms with Crippen LogP contribution in [0.25, 0.3) is 0 Å². The minimum atomic E-state index is -0.211. The maximum absolute atomic E-state index is 12.0. The van der Waals surface area contributed by atoms with Crippen molar-refractivity contribution in [1.82, 2.24) is 5.32 Å². The van der Waals surface area contributed by atoms with Gasteiger partial charge in [-0.15, -0.1) is 0 Å². The van der Waals surface area contributed by atoms with Crippen LogP contribution in [0.5, 0.6) is 0 Å². The van der Waals surface area contributed by atoms with Gasteiger partial charge in [-0.25, -0.2) is 0 Å². The topological polar surface area (TPSA) is 44.4 Å². The zero-order valence-electron chi connectivity index (χ0n) is 13.7. The summed E-state index contributed by atoms with van der Waals surface area (Å²) in [5.41, 5.74) is 3.14. The van der Waals surface area contributed by atoms with Gasteiger partial charge >= 0.3 is 0 Å². The zero-order valence-corrected chi connectivity index (χ0v) is 13.7. The highest BCUT2D eigenvalue weighted by Gasteiger charge is 2.30. The average molecular weight is 289 g/mol. The summed E-state index contributed by atoms with van der Waals surface area (Å²) in [6, 6.07) is 6.53. The first kappa shape index (κ1) is 15.8. The number of nitrogens with one attached hydrogen (secondary N) is 2. The molecule has 4 nitrogen and oxygen atoms in total. The smallest absolute Gasteiger partial charge is 0.246 e. The molecule has 2 N–H and O–H groups in total. The molecule has 1 amide bonds. The molecule has 1 aliphatic rings. The van der Waals surface area contributed by atoms with Crippen LogP contribution >= 0.6 is 0 Å². The van der Waals surface area contributed by atoms with Crippen molar-refractivity contribution < 1.29 is 4.79 Å². The first-order valence-corrected chi connectivity index (χ1v) is 7.85. The summed E-state index contributed by atoms with van der Waals surface area (Å²) < 4.78 is 0. The highest BCUT2D eigenvalue weighted by molar-refractivity contribution is 6.03. The van der Waals surface area contributed by atoms with Gasteiger partial charge in [-0.05, 0) is 37.9 Å². The van der Waals surface area contributed by atoms with Gasteiger partial charge in [0.05, 0.1) is 0 Å². The molecule has 2 atom stereocenters. The maximum atomic E-state index is 12.0. The van der Waals surface area contributed by atoms with Crippen LogP contribution in [-0.2, 0) is 4.79 Å². The average Bonchev–Trinajstić information content (AvgIpc) is 2.73. The fraction of sp³-hybridized carbons (Fsp3) is 0.588. The first-order chi connectivity index (χ1) is 9.93. The van der Waals surface area contributed by atoms with E-state index in [-0.39, 0.29) is 11.9 Å². The quantitative estimate of drug-likeness (QED) is 0.845. The highest BCUT2D eigenvalue weighted by atomic mass is 16.2. The Morgan fingerprint density at radius 2 is 2.05 bits per heavy atom. The normalized spacial score (nSPS) is 18.6. The van der Waals surface area contributed by atoms with Gasteiger partial charge in [0.2, 0.25) is 5.91 Å². The zero-order chi connectivity index (χ0) is 15.6. The predicted octanol–water partition coefficient (Wildman–Crippen LogP) is 3.16. The molecule has 0 saturated carbocycles. The van der Waals surface area contributed by atoms with E-state index in [1.54, 1.807) is 0 Å². The van der Waals surface area contributed by atoms with E-state index in [9.17, 15) is 4.79 Å². The molecule has 0 saturated heterocycles. The first-order valence-electron chi connectivity index (χ1n) is 7.85. The lowest BCUT2D eigenvalue weighted by Crippen LogP contribution is -2.30. The fourth-order valence-electron chi connectivity index (χ4n) is 2.97. The van der Waals surface area contributed by atoms with Crippen LogP contribution in [0.3, 0.4) is 0 Å². The third-order valence-electron chi connectivity index (χ3n) is 4.16. The van der Waals surface area contributed by atoms with Gasteiger partial charge in [-0.1, -0.05) is 26.8 Å². The molecule has 2 unspecified atom stereocenters. The van der Waals surface area contributed by atoms with Crippen molar-refractivity contribution >= 4 is 17.3 Å². The highest BCUT2D eigenvalue weighted by Crippen LogP contribution is 2.34. The summed E-state index contributed by atoms with van der Waals surface area (Å²) in [5.74, 6) is 0.719. The lowest BCUT2D eigenvalue weighted by molar-refractivity contribution is -0.117. The van der Waals surface area contributed by atoms with E-state index in [2.05, 4.69) is 61.6 Å². The molecule has 4 heteroatoms. The Balaban J connectivity index is 2.19. The molecule has 0 radical (unpaired) electrons. The maximum Gasteiger partial charge on any atom is 0.246 e. The number of amides is 1. The number of hydrogen-bond acceptors (Lipinski definition) is 3. The molecule has 1 aliphatic heterocycles. The Bertz CT molecular complexity index is 513.